The number of rotatable bonds is 3. The van der Waals surface area contributed by atoms with Crippen molar-refractivity contribution < 1.29 is 9.59 Å². The van der Waals surface area contributed by atoms with Gasteiger partial charge in [-0.3, -0.25) is 9.59 Å². The van der Waals surface area contributed by atoms with Gasteiger partial charge in [-0.1, -0.05) is 23.7 Å². The fraction of sp³-hybridized carbons (Fsp3) is 0.312. The number of hydrogen-bond donors (Lipinski definition) is 1. The van der Waals surface area contributed by atoms with E-state index in [1.165, 1.54) is 6.92 Å². The topological polar surface area (TPSA) is 67.2 Å². The molecule has 1 aliphatic rings. The molecule has 0 unspecified atom stereocenters. The lowest BCUT2D eigenvalue weighted by molar-refractivity contribution is -0.134. The number of hydrogen-bond acceptors (Lipinski definition) is 3. The summed E-state index contributed by atoms with van der Waals surface area (Å²) in [6.07, 6.45) is 4.79. The van der Waals surface area contributed by atoms with Crippen LogP contribution in [0.3, 0.4) is 0 Å². The van der Waals surface area contributed by atoms with E-state index in [0.717, 1.165) is 12.1 Å². The summed E-state index contributed by atoms with van der Waals surface area (Å²) in [5.41, 5.74) is 1.31. The van der Waals surface area contributed by atoms with E-state index in [4.69, 9.17) is 11.6 Å². The summed E-state index contributed by atoms with van der Waals surface area (Å²) in [6, 6.07) is 6.92. The molecule has 1 aromatic heterocycles. The fourth-order valence-corrected chi connectivity index (χ4v) is 3.02. The summed E-state index contributed by atoms with van der Waals surface area (Å²) in [6.45, 7) is 2.12. The molecule has 7 heteroatoms. The molecule has 1 N–H and O–H groups in total. The molecule has 0 bridgehead atoms. The quantitative estimate of drug-likeness (QED) is 0.939. The van der Waals surface area contributed by atoms with Crippen LogP contribution < -0.4 is 5.32 Å². The van der Waals surface area contributed by atoms with Crippen LogP contribution in [0.5, 0.6) is 0 Å². The van der Waals surface area contributed by atoms with Crippen molar-refractivity contribution in [2.75, 3.05) is 11.9 Å². The van der Waals surface area contributed by atoms with Gasteiger partial charge < -0.3 is 10.2 Å². The van der Waals surface area contributed by atoms with Gasteiger partial charge in [0.15, 0.2) is 0 Å². The van der Waals surface area contributed by atoms with Crippen LogP contribution in [0.1, 0.15) is 19.8 Å². The Morgan fingerprint density at radius 3 is 2.87 bits per heavy atom. The molecule has 0 spiro atoms. The third-order valence-corrected chi connectivity index (χ3v) is 4.23. The summed E-state index contributed by atoms with van der Waals surface area (Å²) in [5.74, 6) is -0.258. The highest BCUT2D eigenvalue weighted by Gasteiger charge is 2.32. The second kappa shape index (κ2) is 6.42. The highest BCUT2D eigenvalue weighted by atomic mass is 35.5. The average molecular weight is 333 g/mol. The lowest BCUT2D eigenvalue weighted by Gasteiger charge is -2.21. The molecular formula is C16H17ClN4O2. The van der Waals surface area contributed by atoms with E-state index < -0.39 is 6.04 Å². The first-order valence-electron chi connectivity index (χ1n) is 7.44. The minimum atomic E-state index is -0.406. The Kier molecular flexibility index (Phi) is 4.34. The van der Waals surface area contributed by atoms with Gasteiger partial charge in [0.2, 0.25) is 11.8 Å². The molecule has 23 heavy (non-hydrogen) atoms. The van der Waals surface area contributed by atoms with Gasteiger partial charge in [-0.15, -0.1) is 0 Å². The minimum Gasteiger partial charge on any atom is -0.331 e. The number of likely N-dealkylation sites (tertiary alicyclic amines) is 1. The number of anilines is 1. The highest BCUT2D eigenvalue weighted by molar-refractivity contribution is 6.32. The third kappa shape index (κ3) is 3.22. The molecule has 1 atom stereocenters. The molecule has 3 rings (SSSR count). The van der Waals surface area contributed by atoms with Crippen LogP contribution >= 0.6 is 11.6 Å². The van der Waals surface area contributed by atoms with E-state index in [1.807, 2.05) is 18.2 Å². The lowest BCUT2D eigenvalue weighted by atomic mass is 10.2. The second-order valence-electron chi connectivity index (χ2n) is 5.48. The van der Waals surface area contributed by atoms with E-state index in [0.29, 0.717) is 23.7 Å². The number of nitrogens with zero attached hydrogens (tertiary/aromatic N) is 3. The number of carbonyl (C=O) groups is 2. The Hall–Kier alpha value is -2.34. The van der Waals surface area contributed by atoms with Gasteiger partial charge in [0.05, 0.1) is 28.8 Å². The molecule has 120 valence electrons. The van der Waals surface area contributed by atoms with Crippen LogP contribution in [0.25, 0.3) is 5.69 Å². The Morgan fingerprint density at radius 1 is 1.35 bits per heavy atom. The maximum Gasteiger partial charge on any atom is 0.247 e. The molecule has 2 aromatic rings. The molecule has 1 aliphatic heterocycles. The normalized spacial score (nSPS) is 17.3. The predicted molar refractivity (Wildman–Crippen MR) is 87.6 cm³/mol. The van der Waals surface area contributed by atoms with Crippen molar-refractivity contribution in [2.24, 2.45) is 0 Å². The molecule has 2 heterocycles. The zero-order chi connectivity index (χ0) is 16.4. The molecular weight excluding hydrogens is 316 g/mol. The Labute approximate surface area is 139 Å². The van der Waals surface area contributed by atoms with Crippen molar-refractivity contribution in [3.8, 4) is 5.69 Å². The van der Waals surface area contributed by atoms with Gasteiger partial charge in [-0.05, 0) is 25.0 Å². The number of carbonyl (C=O) groups excluding carboxylic acids is 2. The number of amides is 2. The number of benzene rings is 1. The van der Waals surface area contributed by atoms with Crippen molar-refractivity contribution >= 4 is 29.1 Å². The van der Waals surface area contributed by atoms with Gasteiger partial charge >= 0.3 is 0 Å². The predicted octanol–water partition coefficient (Wildman–Crippen LogP) is 2.48. The Morgan fingerprint density at radius 2 is 2.13 bits per heavy atom. The zero-order valence-electron chi connectivity index (χ0n) is 12.7. The maximum absolute atomic E-state index is 12.4. The van der Waals surface area contributed by atoms with Crippen LogP contribution in [0.15, 0.2) is 36.7 Å². The van der Waals surface area contributed by atoms with Crippen molar-refractivity contribution in [1.82, 2.24) is 14.7 Å². The number of nitrogens with one attached hydrogen (secondary N) is 1. The van der Waals surface area contributed by atoms with Crippen LogP contribution in [0.2, 0.25) is 5.02 Å². The number of aromatic nitrogens is 2. The van der Waals surface area contributed by atoms with E-state index in [2.05, 4.69) is 10.4 Å². The van der Waals surface area contributed by atoms with Gasteiger partial charge in [0.25, 0.3) is 0 Å². The van der Waals surface area contributed by atoms with Crippen molar-refractivity contribution in [3.05, 3.63) is 41.7 Å². The van der Waals surface area contributed by atoms with Gasteiger partial charge in [-0.25, -0.2) is 4.68 Å². The van der Waals surface area contributed by atoms with Gasteiger partial charge in [0.1, 0.15) is 6.04 Å². The maximum atomic E-state index is 12.4. The largest absolute Gasteiger partial charge is 0.331 e. The summed E-state index contributed by atoms with van der Waals surface area (Å²) in [5, 5.41) is 7.61. The molecule has 0 aliphatic carbocycles. The van der Waals surface area contributed by atoms with Crippen molar-refractivity contribution in [2.45, 2.75) is 25.8 Å². The van der Waals surface area contributed by atoms with E-state index in [9.17, 15) is 9.59 Å². The highest BCUT2D eigenvalue weighted by Crippen LogP contribution is 2.22. The van der Waals surface area contributed by atoms with Crippen LogP contribution in [-0.4, -0.2) is 39.1 Å². The van der Waals surface area contributed by atoms with E-state index in [-0.39, 0.29) is 11.8 Å². The number of para-hydroxylation sites is 1. The zero-order valence-corrected chi connectivity index (χ0v) is 13.5. The second-order valence-corrected chi connectivity index (χ2v) is 5.89. The Bertz CT molecular complexity index is 743. The molecule has 0 radical (unpaired) electrons. The monoisotopic (exact) mass is 332 g/mol. The van der Waals surface area contributed by atoms with Crippen LogP contribution in [0, 0.1) is 0 Å². The van der Waals surface area contributed by atoms with Crippen LogP contribution in [0.4, 0.5) is 5.69 Å². The standard InChI is InChI=1S/C16H17ClN4O2/c1-11(22)20-8-4-7-15(20)16(23)19-12-9-18-21(10-12)14-6-3-2-5-13(14)17/h2-3,5-6,9-10,15H,4,7-8H2,1H3,(H,19,23)/t15-/m0/s1. The summed E-state index contributed by atoms with van der Waals surface area (Å²) in [7, 11) is 0. The van der Waals surface area contributed by atoms with E-state index >= 15 is 0 Å². The fourth-order valence-electron chi connectivity index (χ4n) is 2.80. The summed E-state index contributed by atoms with van der Waals surface area (Å²) in [4.78, 5) is 25.5. The molecule has 1 aromatic carbocycles. The SMILES string of the molecule is CC(=O)N1CCC[C@H]1C(=O)Nc1cnn(-c2ccccc2Cl)c1. The average Bonchev–Trinajstić information content (AvgIpc) is 3.16. The van der Waals surface area contributed by atoms with Crippen molar-refractivity contribution in [1.29, 1.82) is 0 Å². The molecule has 2 amide bonds. The lowest BCUT2D eigenvalue weighted by Crippen LogP contribution is -2.42. The minimum absolute atomic E-state index is 0.0746. The molecule has 6 nitrogen and oxygen atoms in total. The van der Waals surface area contributed by atoms with Crippen molar-refractivity contribution in [3.63, 3.8) is 0 Å². The first-order chi connectivity index (χ1) is 11.1. The molecule has 0 saturated carbocycles. The molecule has 1 fully saturated rings. The molecule has 1 saturated heterocycles. The van der Waals surface area contributed by atoms with E-state index in [1.54, 1.807) is 28.0 Å². The number of halogens is 1. The first-order valence-corrected chi connectivity index (χ1v) is 7.81. The van der Waals surface area contributed by atoms with Crippen LogP contribution in [-0.2, 0) is 9.59 Å². The van der Waals surface area contributed by atoms with Gasteiger partial charge in [-0.2, -0.15) is 5.10 Å². The first kappa shape index (κ1) is 15.6. The summed E-state index contributed by atoms with van der Waals surface area (Å²) < 4.78 is 1.61. The summed E-state index contributed by atoms with van der Waals surface area (Å²) >= 11 is 6.14. The smallest absolute Gasteiger partial charge is 0.247 e. The Balaban J connectivity index is 1.73. The third-order valence-electron chi connectivity index (χ3n) is 3.91. The van der Waals surface area contributed by atoms with Gasteiger partial charge in [0, 0.05) is 13.5 Å².